The maximum Gasteiger partial charge on any atom is 0.273 e. The van der Waals surface area contributed by atoms with Crippen LogP contribution in [0.3, 0.4) is 0 Å². The fourth-order valence-corrected chi connectivity index (χ4v) is 1.99. The number of nitrogens with zero attached hydrogens (tertiary/aromatic N) is 3. The maximum atomic E-state index is 10.8. The molecule has 0 atom stereocenters. The van der Waals surface area contributed by atoms with Crippen LogP contribution in [0.1, 0.15) is 11.4 Å². The first-order chi connectivity index (χ1) is 9.38. The quantitative estimate of drug-likeness (QED) is 0.466. The van der Waals surface area contributed by atoms with Gasteiger partial charge in [0.2, 0.25) is 5.88 Å². The minimum Gasteiger partial charge on any atom is -0.437 e. The third-order valence-corrected chi connectivity index (χ3v) is 3.51. The molecule has 0 fully saturated rings. The normalized spacial score (nSPS) is 10.4. The number of rotatable bonds is 3. The van der Waals surface area contributed by atoms with Crippen molar-refractivity contribution in [2.45, 2.75) is 13.8 Å². The second-order valence-corrected chi connectivity index (χ2v) is 5.18. The fraction of sp³-hybridized carbons (Fsp3) is 0.167. The molecule has 0 aliphatic carbocycles. The summed E-state index contributed by atoms with van der Waals surface area (Å²) in [6.07, 6.45) is 0. The molecule has 0 radical (unpaired) electrons. The summed E-state index contributed by atoms with van der Waals surface area (Å²) in [6.45, 7) is 3.39. The molecule has 2 rings (SSSR count). The van der Waals surface area contributed by atoms with Gasteiger partial charge in [-0.15, -0.1) is 0 Å². The molecule has 20 heavy (non-hydrogen) atoms. The van der Waals surface area contributed by atoms with E-state index in [1.807, 2.05) is 0 Å². The van der Waals surface area contributed by atoms with E-state index in [2.05, 4.69) is 25.9 Å². The average Bonchev–Trinajstić information content (AvgIpc) is 2.37. The van der Waals surface area contributed by atoms with E-state index in [9.17, 15) is 10.1 Å². The van der Waals surface area contributed by atoms with Gasteiger partial charge < -0.3 is 4.74 Å². The lowest BCUT2D eigenvalue weighted by Crippen LogP contribution is -1.98. The Kier molecular flexibility index (Phi) is 4.20. The van der Waals surface area contributed by atoms with Crippen LogP contribution in [0.2, 0.25) is 5.15 Å². The molecule has 8 heteroatoms. The minimum absolute atomic E-state index is 0.0715. The van der Waals surface area contributed by atoms with Gasteiger partial charge in [-0.05, 0) is 35.8 Å². The van der Waals surface area contributed by atoms with Gasteiger partial charge in [-0.2, -0.15) is 4.98 Å². The van der Waals surface area contributed by atoms with Crippen molar-refractivity contribution in [2.75, 3.05) is 0 Å². The van der Waals surface area contributed by atoms with E-state index in [1.54, 1.807) is 19.9 Å². The van der Waals surface area contributed by atoms with Crippen molar-refractivity contribution in [1.82, 2.24) is 9.97 Å². The lowest BCUT2D eigenvalue weighted by molar-refractivity contribution is -0.384. The molecule has 0 spiro atoms. The highest BCUT2D eigenvalue weighted by Gasteiger charge is 2.15. The van der Waals surface area contributed by atoms with Crippen LogP contribution in [0, 0.1) is 24.0 Å². The van der Waals surface area contributed by atoms with Gasteiger partial charge in [-0.3, -0.25) is 10.1 Å². The number of nitro benzene ring substituents is 1. The topological polar surface area (TPSA) is 78.2 Å². The van der Waals surface area contributed by atoms with E-state index in [0.717, 1.165) is 0 Å². The van der Waals surface area contributed by atoms with E-state index in [0.29, 0.717) is 15.9 Å². The molecule has 1 aromatic carbocycles. The zero-order valence-corrected chi connectivity index (χ0v) is 12.9. The molecule has 104 valence electrons. The third-order valence-electron chi connectivity index (χ3n) is 2.49. The summed E-state index contributed by atoms with van der Waals surface area (Å²) >= 11 is 9.23. The maximum absolute atomic E-state index is 10.8. The van der Waals surface area contributed by atoms with Crippen molar-refractivity contribution in [3.63, 3.8) is 0 Å². The predicted octanol–water partition coefficient (Wildman–Crippen LogP) is 4.21. The van der Waals surface area contributed by atoms with Crippen molar-refractivity contribution < 1.29 is 9.66 Å². The van der Waals surface area contributed by atoms with Gasteiger partial charge in [0, 0.05) is 11.6 Å². The molecule has 0 unspecified atom stereocenters. The van der Waals surface area contributed by atoms with E-state index >= 15 is 0 Å². The molecule has 1 heterocycles. The van der Waals surface area contributed by atoms with Crippen LogP contribution in [-0.4, -0.2) is 14.9 Å². The van der Waals surface area contributed by atoms with Gasteiger partial charge in [-0.1, -0.05) is 11.6 Å². The van der Waals surface area contributed by atoms with Gasteiger partial charge in [-0.25, -0.2) is 4.98 Å². The van der Waals surface area contributed by atoms with Crippen LogP contribution in [-0.2, 0) is 0 Å². The number of hydrogen-bond acceptors (Lipinski definition) is 5. The molecule has 0 bridgehead atoms. The monoisotopic (exact) mass is 357 g/mol. The van der Waals surface area contributed by atoms with Crippen molar-refractivity contribution in [2.24, 2.45) is 0 Å². The van der Waals surface area contributed by atoms with Gasteiger partial charge in [0.25, 0.3) is 5.69 Å². The summed E-state index contributed by atoms with van der Waals surface area (Å²) < 4.78 is 6.18. The first kappa shape index (κ1) is 14.7. The third kappa shape index (κ3) is 3.05. The van der Waals surface area contributed by atoms with Crippen molar-refractivity contribution in [3.8, 4) is 11.6 Å². The number of nitro groups is 1. The van der Waals surface area contributed by atoms with Gasteiger partial charge >= 0.3 is 0 Å². The Morgan fingerprint density at radius 3 is 2.70 bits per heavy atom. The Hall–Kier alpha value is -1.73. The molecule has 0 N–H and O–H groups in total. The predicted molar refractivity (Wildman–Crippen MR) is 77.4 cm³/mol. The molecular weight excluding hydrogens is 350 g/mol. The van der Waals surface area contributed by atoms with E-state index < -0.39 is 4.92 Å². The van der Waals surface area contributed by atoms with Gasteiger partial charge in [0.05, 0.1) is 15.5 Å². The molecule has 0 saturated carbocycles. The second kappa shape index (κ2) is 5.72. The van der Waals surface area contributed by atoms with Crippen molar-refractivity contribution in [1.29, 1.82) is 0 Å². The van der Waals surface area contributed by atoms with Gasteiger partial charge in [0.1, 0.15) is 11.0 Å². The largest absolute Gasteiger partial charge is 0.437 e. The van der Waals surface area contributed by atoms with Crippen molar-refractivity contribution in [3.05, 3.63) is 49.3 Å². The average molecular weight is 359 g/mol. The summed E-state index contributed by atoms with van der Waals surface area (Å²) in [5, 5.41) is 11.1. The molecule has 0 aliphatic heterocycles. The van der Waals surface area contributed by atoms with E-state index in [1.165, 1.54) is 12.1 Å². The lowest BCUT2D eigenvalue weighted by atomic mass is 10.3. The molecule has 2 aromatic rings. The Bertz CT molecular complexity index is 694. The second-order valence-electron chi connectivity index (χ2n) is 3.97. The SMILES string of the molecule is Cc1nc(Cl)c(C)c(Oc2cc([N+](=O)[O-])ccc2Br)n1. The Morgan fingerprint density at radius 1 is 1.35 bits per heavy atom. The Balaban J connectivity index is 2.44. The first-order valence-electron chi connectivity index (χ1n) is 5.51. The summed E-state index contributed by atoms with van der Waals surface area (Å²) in [5.74, 6) is 1.01. The smallest absolute Gasteiger partial charge is 0.273 e. The molecule has 0 amide bonds. The minimum atomic E-state index is -0.496. The summed E-state index contributed by atoms with van der Waals surface area (Å²) in [7, 11) is 0. The van der Waals surface area contributed by atoms with Crippen LogP contribution in [0.5, 0.6) is 11.6 Å². The van der Waals surface area contributed by atoms with Crippen LogP contribution in [0.4, 0.5) is 5.69 Å². The summed E-state index contributed by atoms with van der Waals surface area (Å²) in [6, 6.07) is 4.23. The number of non-ortho nitro benzene ring substituents is 1. The van der Waals surface area contributed by atoms with E-state index in [4.69, 9.17) is 16.3 Å². The van der Waals surface area contributed by atoms with Crippen LogP contribution >= 0.6 is 27.5 Å². The van der Waals surface area contributed by atoms with Crippen LogP contribution in [0.25, 0.3) is 0 Å². The molecular formula is C12H9BrClN3O3. The number of aryl methyl sites for hydroxylation is 1. The zero-order chi connectivity index (χ0) is 14.9. The number of benzene rings is 1. The van der Waals surface area contributed by atoms with Crippen LogP contribution in [0.15, 0.2) is 22.7 Å². The first-order valence-corrected chi connectivity index (χ1v) is 6.68. The van der Waals surface area contributed by atoms with E-state index in [-0.39, 0.29) is 22.5 Å². The number of halogens is 2. The summed E-state index contributed by atoms with van der Waals surface area (Å²) in [4.78, 5) is 18.4. The Labute approximate surface area is 128 Å². The summed E-state index contributed by atoms with van der Waals surface area (Å²) in [5.41, 5.74) is 0.494. The molecule has 6 nitrogen and oxygen atoms in total. The lowest BCUT2D eigenvalue weighted by Gasteiger charge is -2.10. The molecule has 0 aliphatic rings. The molecule has 0 saturated heterocycles. The Morgan fingerprint density at radius 2 is 2.05 bits per heavy atom. The highest BCUT2D eigenvalue weighted by molar-refractivity contribution is 9.10. The van der Waals surface area contributed by atoms with Crippen molar-refractivity contribution >= 4 is 33.2 Å². The van der Waals surface area contributed by atoms with Crippen LogP contribution < -0.4 is 4.74 Å². The fourth-order valence-electron chi connectivity index (χ4n) is 1.46. The number of hydrogen-bond donors (Lipinski definition) is 0. The highest BCUT2D eigenvalue weighted by atomic mass is 79.9. The number of aromatic nitrogens is 2. The standard InChI is InChI=1S/C12H9BrClN3O3/c1-6-11(14)15-7(2)16-12(6)20-10-5-8(17(18)19)3-4-9(10)13/h3-5H,1-2H3. The van der Waals surface area contributed by atoms with Gasteiger partial charge in [0.15, 0.2) is 5.75 Å². The highest BCUT2D eigenvalue weighted by Crippen LogP contribution is 2.34. The zero-order valence-electron chi connectivity index (χ0n) is 10.6. The number of ether oxygens (including phenoxy) is 1. The molecule has 1 aromatic heterocycles.